The van der Waals surface area contributed by atoms with Crippen LogP contribution in [0.15, 0.2) is 30.5 Å². The molecule has 0 bridgehead atoms. The standard InChI is InChI=1S/C15H18N4O2/c1-9(2)14-17-8-10(16)13(19-14)15(20)18-11-6-4-5-7-12(11)21-3/h4-9H,16H2,1-3H3,(H,18,20). The summed E-state index contributed by atoms with van der Waals surface area (Å²) in [6, 6.07) is 7.14. The van der Waals surface area contributed by atoms with Gasteiger partial charge in [0, 0.05) is 5.92 Å². The molecule has 2 rings (SSSR count). The molecule has 110 valence electrons. The van der Waals surface area contributed by atoms with Gasteiger partial charge in [0.2, 0.25) is 0 Å². The number of para-hydroxylation sites is 2. The van der Waals surface area contributed by atoms with E-state index < -0.39 is 0 Å². The minimum absolute atomic E-state index is 0.114. The summed E-state index contributed by atoms with van der Waals surface area (Å²) in [5.41, 5.74) is 6.77. The van der Waals surface area contributed by atoms with Crippen LogP contribution in [-0.4, -0.2) is 23.0 Å². The van der Waals surface area contributed by atoms with Crippen LogP contribution < -0.4 is 15.8 Å². The molecule has 0 aliphatic rings. The number of nitrogens with zero attached hydrogens (tertiary/aromatic N) is 2. The van der Waals surface area contributed by atoms with Crippen molar-refractivity contribution < 1.29 is 9.53 Å². The molecule has 1 amide bonds. The molecule has 0 spiro atoms. The van der Waals surface area contributed by atoms with E-state index in [0.29, 0.717) is 17.3 Å². The lowest BCUT2D eigenvalue weighted by molar-refractivity contribution is 0.102. The van der Waals surface area contributed by atoms with E-state index in [9.17, 15) is 4.79 Å². The number of anilines is 2. The van der Waals surface area contributed by atoms with Crippen molar-refractivity contribution in [3.8, 4) is 5.75 Å². The van der Waals surface area contributed by atoms with Crippen molar-refractivity contribution in [3.05, 3.63) is 42.0 Å². The zero-order valence-corrected chi connectivity index (χ0v) is 12.3. The molecule has 0 unspecified atom stereocenters. The third-order valence-corrected chi connectivity index (χ3v) is 2.92. The number of nitrogens with one attached hydrogen (secondary N) is 1. The lowest BCUT2D eigenvalue weighted by Gasteiger charge is -2.11. The number of ether oxygens (including phenoxy) is 1. The summed E-state index contributed by atoms with van der Waals surface area (Å²) in [7, 11) is 1.54. The fraction of sp³-hybridized carbons (Fsp3) is 0.267. The molecular formula is C15H18N4O2. The molecule has 0 saturated heterocycles. The maximum absolute atomic E-state index is 12.3. The van der Waals surface area contributed by atoms with E-state index in [1.807, 2.05) is 19.9 Å². The van der Waals surface area contributed by atoms with Gasteiger partial charge in [-0.15, -0.1) is 0 Å². The number of nitrogen functional groups attached to an aromatic ring is 1. The van der Waals surface area contributed by atoms with E-state index >= 15 is 0 Å². The van der Waals surface area contributed by atoms with E-state index in [1.165, 1.54) is 6.20 Å². The summed E-state index contributed by atoms with van der Waals surface area (Å²) in [6.45, 7) is 3.90. The summed E-state index contributed by atoms with van der Waals surface area (Å²) in [5.74, 6) is 0.877. The monoisotopic (exact) mass is 286 g/mol. The van der Waals surface area contributed by atoms with Crippen molar-refractivity contribution in [1.29, 1.82) is 0 Å². The molecule has 0 radical (unpaired) electrons. The van der Waals surface area contributed by atoms with Gasteiger partial charge < -0.3 is 15.8 Å². The molecule has 6 nitrogen and oxygen atoms in total. The minimum Gasteiger partial charge on any atom is -0.495 e. The molecule has 2 aromatic rings. The van der Waals surface area contributed by atoms with Gasteiger partial charge in [-0.05, 0) is 12.1 Å². The van der Waals surface area contributed by atoms with Gasteiger partial charge in [-0.2, -0.15) is 0 Å². The molecule has 3 N–H and O–H groups in total. The number of amides is 1. The van der Waals surface area contributed by atoms with Crippen LogP contribution in [0.3, 0.4) is 0 Å². The maximum Gasteiger partial charge on any atom is 0.276 e. The number of methoxy groups -OCH3 is 1. The smallest absolute Gasteiger partial charge is 0.276 e. The van der Waals surface area contributed by atoms with Gasteiger partial charge in [-0.1, -0.05) is 26.0 Å². The van der Waals surface area contributed by atoms with E-state index in [0.717, 1.165) is 0 Å². The van der Waals surface area contributed by atoms with Gasteiger partial charge in [-0.3, -0.25) is 4.79 Å². The first-order chi connectivity index (χ1) is 10.0. The normalized spacial score (nSPS) is 10.5. The fourth-order valence-electron chi connectivity index (χ4n) is 1.79. The Hall–Kier alpha value is -2.63. The Morgan fingerprint density at radius 2 is 2.05 bits per heavy atom. The second-order valence-electron chi connectivity index (χ2n) is 4.84. The van der Waals surface area contributed by atoms with Crippen LogP contribution >= 0.6 is 0 Å². The number of nitrogens with two attached hydrogens (primary N) is 1. The van der Waals surface area contributed by atoms with Gasteiger partial charge in [0.25, 0.3) is 5.91 Å². The second kappa shape index (κ2) is 6.21. The van der Waals surface area contributed by atoms with E-state index in [2.05, 4.69) is 15.3 Å². The predicted molar refractivity (Wildman–Crippen MR) is 81.5 cm³/mol. The largest absolute Gasteiger partial charge is 0.495 e. The van der Waals surface area contributed by atoms with Gasteiger partial charge in [0.1, 0.15) is 11.6 Å². The van der Waals surface area contributed by atoms with Crippen molar-refractivity contribution in [1.82, 2.24) is 9.97 Å². The highest BCUT2D eigenvalue weighted by molar-refractivity contribution is 6.06. The predicted octanol–water partition coefficient (Wildman–Crippen LogP) is 2.44. The molecule has 0 aliphatic carbocycles. The van der Waals surface area contributed by atoms with Crippen LogP contribution in [0.25, 0.3) is 0 Å². The molecule has 0 atom stereocenters. The highest BCUT2D eigenvalue weighted by atomic mass is 16.5. The molecule has 0 saturated carbocycles. The van der Waals surface area contributed by atoms with Crippen LogP contribution in [0, 0.1) is 0 Å². The lowest BCUT2D eigenvalue weighted by Crippen LogP contribution is -2.18. The zero-order valence-electron chi connectivity index (χ0n) is 12.3. The molecule has 1 aromatic carbocycles. The number of rotatable bonds is 4. The van der Waals surface area contributed by atoms with Gasteiger partial charge in [0.05, 0.1) is 24.7 Å². The van der Waals surface area contributed by atoms with Crippen molar-refractivity contribution >= 4 is 17.3 Å². The summed E-state index contributed by atoms with van der Waals surface area (Å²) in [5, 5.41) is 2.75. The first-order valence-corrected chi connectivity index (χ1v) is 6.59. The lowest BCUT2D eigenvalue weighted by atomic mass is 10.2. The van der Waals surface area contributed by atoms with Gasteiger partial charge in [-0.25, -0.2) is 9.97 Å². The third kappa shape index (κ3) is 3.28. The Balaban J connectivity index is 2.30. The molecule has 0 fully saturated rings. The van der Waals surface area contributed by atoms with Crippen LogP contribution in [0.1, 0.15) is 36.1 Å². The number of benzene rings is 1. The highest BCUT2D eigenvalue weighted by Crippen LogP contribution is 2.24. The average molecular weight is 286 g/mol. The Bertz CT molecular complexity index is 656. The number of aromatic nitrogens is 2. The molecule has 6 heteroatoms. The van der Waals surface area contributed by atoms with Crippen LogP contribution in [0.5, 0.6) is 5.75 Å². The zero-order chi connectivity index (χ0) is 15.4. The van der Waals surface area contributed by atoms with Crippen molar-refractivity contribution in [2.75, 3.05) is 18.2 Å². The van der Waals surface area contributed by atoms with E-state index in [-0.39, 0.29) is 23.2 Å². The van der Waals surface area contributed by atoms with Crippen molar-refractivity contribution in [2.45, 2.75) is 19.8 Å². The van der Waals surface area contributed by atoms with E-state index in [4.69, 9.17) is 10.5 Å². The molecule has 0 aliphatic heterocycles. The van der Waals surface area contributed by atoms with Crippen molar-refractivity contribution in [2.24, 2.45) is 0 Å². The number of carbonyl (C=O) groups excluding carboxylic acids is 1. The third-order valence-electron chi connectivity index (χ3n) is 2.92. The first kappa shape index (κ1) is 14.8. The average Bonchev–Trinajstić information content (AvgIpc) is 2.47. The minimum atomic E-state index is -0.388. The fourth-order valence-corrected chi connectivity index (χ4v) is 1.79. The van der Waals surface area contributed by atoms with Gasteiger partial charge >= 0.3 is 0 Å². The number of hydrogen-bond donors (Lipinski definition) is 2. The number of carbonyl (C=O) groups is 1. The Morgan fingerprint density at radius 1 is 1.33 bits per heavy atom. The Labute approximate surface area is 123 Å². The molecule has 21 heavy (non-hydrogen) atoms. The van der Waals surface area contributed by atoms with Crippen molar-refractivity contribution in [3.63, 3.8) is 0 Å². The summed E-state index contributed by atoms with van der Waals surface area (Å²) in [4.78, 5) is 20.7. The van der Waals surface area contributed by atoms with Crippen LogP contribution in [0.2, 0.25) is 0 Å². The summed E-state index contributed by atoms with van der Waals surface area (Å²) < 4.78 is 5.20. The Morgan fingerprint density at radius 3 is 2.71 bits per heavy atom. The molecular weight excluding hydrogens is 268 g/mol. The second-order valence-corrected chi connectivity index (χ2v) is 4.84. The molecule has 1 aromatic heterocycles. The SMILES string of the molecule is COc1ccccc1NC(=O)c1nc(C(C)C)ncc1N. The quantitative estimate of drug-likeness (QED) is 0.901. The van der Waals surface area contributed by atoms with Crippen LogP contribution in [0.4, 0.5) is 11.4 Å². The highest BCUT2D eigenvalue weighted by Gasteiger charge is 2.16. The summed E-state index contributed by atoms with van der Waals surface area (Å²) in [6.07, 6.45) is 1.46. The Kier molecular flexibility index (Phi) is 4.37. The van der Waals surface area contributed by atoms with Gasteiger partial charge in [0.15, 0.2) is 5.69 Å². The topological polar surface area (TPSA) is 90.1 Å². The van der Waals surface area contributed by atoms with E-state index in [1.54, 1.807) is 25.3 Å². The number of hydrogen-bond acceptors (Lipinski definition) is 5. The first-order valence-electron chi connectivity index (χ1n) is 6.59. The van der Waals surface area contributed by atoms with Crippen LogP contribution in [-0.2, 0) is 0 Å². The summed E-state index contributed by atoms with van der Waals surface area (Å²) >= 11 is 0. The maximum atomic E-state index is 12.3. The molecule has 1 heterocycles.